The van der Waals surface area contributed by atoms with E-state index in [4.69, 9.17) is 4.74 Å². The molecule has 0 spiro atoms. The Morgan fingerprint density at radius 1 is 1.35 bits per heavy atom. The summed E-state index contributed by atoms with van der Waals surface area (Å²) in [5, 5.41) is 11.0. The molecule has 1 aliphatic rings. The van der Waals surface area contributed by atoms with E-state index < -0.39 is 11.9 Å². The quantitative estimate of drug-likeness (QED) is 0.738. The van der Waals surface area contributed by atoms with Crippen LogP contribution < -0.4 is 5.11 Å². The maximum Gasteiger partial charge on any atom is 0.158 e. The third-order valence-corrected chi connectivity index (χ3v) is 5.31. The molecule has 0 aliphatic carbocycles. The molecule has 0 amide bonds. The third kappa shape index (κ3) is 2.82. The molecule has 17 heavy (non-hydrogen) atoms. The lowest BCUT2D eigenvalue weighted by molar-refractivity contribution is -0.307. The van der Waals surface area contributed by atoms with Gasteiger partial charge in [-0.1, -0.05) is 25.1 Å². The van der Waals surface area contributed by atoms with Crippen molar-refractivity contribution in [1.29, 1.82) is 0 Å². The summed E-state index contributed by atoms with van der Waals surface area (Å²) in [5.74, 6) is 0.448. The average molecular weight is 252 g/mol. The lowest BCUT2D eigenvalue weighted by Crippen LogP contribution is -2.31. The molecule has 2 rings (SSSR count). The van der Waals surface area contributed by atoms with Crippen LogP contribution in [-0.2, 0) is 20.4 Å². The molecule has 0 radical (unpaired) electrons. The van der Waals surface area contributed by atoms with Gasteiger partial charge in [0.05, 0.1) is 13.2 Å². The zero-order chi connectivity index (χ0) is 12.3. The van der Waals surface area contributed by atoms with Crippen molar-refractivity contribution in [2.75, 3.05) is 24.7 Å². The third-order valence-electron chi connectivity index (χ3n) is 3.00. The van der Waals surface area contributed by atoms with E-state index in [9.17, 15) is 9.90 Å². The number of aliphatic carboxylic acids is 1. The van der Waals surface area contributed by atoms with Gasteiger partial charge in [0, 0.05) is 28.3 Å². The largest absolute Gasteiger partial charge is 0.550 e. The molecule has 0 aromatic heterocycles. The minimum Gasteiger partial charge on any atom is -0.550 e. The summed E-state index contributed by atoms with van der Waals surface area (Å²) >= 11 is 0. The standard InChI is InChI=1S/C13H16O3S/c1-10(13(14)15)11-4-2-3-5-12(11)17-8-6-16-7-9-17/h2-5,10H,6-9H2,1H3/t10-/m1/s1. The second kappa shape index (κ2) is 5.56. The molecule has 1 aliphatic heterocycles. The van der Waals surface area contributed by atoms with Crippen LogP contribution in [0.2, 0.25) is 0 Å². The maximum absolute atomic E-state index is 11.0. The van der Waals surface area contributed by atoms with E-state index in [1.54, 1.807) is 6.92 Å². The van der Waals surface area contributed by atoms with Crippen LogP contribution >= 0.6 is 0 Å². The Morgan fingerprint density at radius 2 is 2.00 bits per heavy atom. The number of rotatable bonds is 3. The number of benzene rings is 1. The Balaban J connectivity index is 2.29. The number of ether oxygens (including phenoxy) is 1. The smallest absolute Gasteiger partial charge is 0.158 e. The SMILES string of the molecule is C[C@@H](C(=O)[O-])c1ccccc1[S+]1CCOCC1. The fourth-order valence-electron chi connectivity index (χ4n) is 1.97. The van der Waals surface area contributed by atoms with Crippen molar-refractivity contribution in [3.05, 3.63) is 29.8 Å². The van der Waals surface area contributed by atoms with Gasteiger partial charge in [-0.05, 0) is 6.07 Å². The highest BCUT2D eigenvalue weighted by Gasteiger charge is 2.29. The van der Waals surface area contributed by atoms with E-state index in [2.05, 4.69) is 0 Å². The fourth-order valence-corrected chi connectivity index (χ4v) is 4.10. The molecule has 1 saturated heterocycles. The molecule has 92 valence electrons. The van der Waals surface area contributed by atoms with Crippen molar-refractivity contribution in [2.45, 2.75) is 17.7 Å². The zero-order valence-electron chi connectivity index (χ0n) is 9.85. The molecule has 1 aromatic rings. The van der Waals surface area contributed by atoms with Crippen LogP contribution in [0.3, 0.4) is 0 Å². The van der Waals surface area contributed by atoms with Crippen molar-refractivity contribution < 1.29 is 14.6 Å². The van der Waals surface area contributed by atoms with Gasteiger partial charge in [-0.3, -0.25) is 0 Å². The summed E-state index contributed by atoms with van der Waals surface area (Å²) < 4.78 is 5.35. The molecule has 1 aromatic carbocycles. The molecule has 4 heteroatoms. The average Bonchev–Trinajstić information content (AvgIpc) is 2.39. The minimum atomic E-state index is -1.01. The van der Waals surface area contributed by atoms with Gasteiger partial charge >= 0.3 is 0 Å². The highest BCUT2D eigenvalue weighted by atomic mass is 32.2. The molecule has 1 heterocycles. The van der Waals surface area contributed by atoms with Crippen molar-refractivity contribution in [3.8, 4) is 0 Å². The summed E-state index contributed by atoms with van der Waals surface area (Å²) in [7, 11) is 0.127. The van der Waals surface area contributed by atoms with Crippen molar-refractivity contribution >= 4 is 16.9 Å². The highest BCUT2D eigenvalue weighted by Crippen LogP contribution is 2.27. The first-order valence-electron chi connectivity index (χ1n) is 5.75. The Morgan fingerprint density at radius 3 is 2.65 bits per heavy atom. The summed E-state index contributed by atoms with van der Waals surface area (Å²) in [6.07, 6.45) is 0. The molecule has 0 bridgehead atoms. The van der Waals surface area contributed by atoms with Gasteiger partial charge < -0.3 is 14.6 Å². The van der Waals surface area contributed by atoms with E-state index >= 15 is 0 Å². The van der Waals surface area contributed by atoms with Gasteiger partial charge in [0.2, 0.25) is 0 Å². The Hall–Kier alpha value is -1.00. The Labute approximate surface area is 104 Å². The lowest BCUT2D eigenvalue weighted by atomic mass is 10.0. The second-order valence-corrected chi connectivity index (χ2v) is 6.33. The van der Waals surface area contributed by atoms with Crippen LogP contribution in [0.5, 0.6) is 0 Å². The van der Waals surface area contributed by atoms with Crippen LogP contribution in [0, 0.1) is 0 Å². The molecule has 0 unspecified atom stereocenters. The number of carboxylic acid groups (broad SMARTS) is 1. The summed E-state index contributed by atoms with van der Waals surface area (Å²) in [5.41, 5.74) is 0.901. The first kappa shape index (κ1) is 12.5. The molecular weight excluding hydrogens is 236 g/mol. The molecule has 3 nitrogen and oxygen atoms in total. The normalized spacial score (nSPS) is 18.9. The van der Waals surface area contributed by atoms with Gasteiger partial charge in [-0.2, -0.15) is 0 Å². The van der Waals surface area contributed by atoms with Crippen molar-refractivity contribution in [3.63, 3.8) is 0 Å². The van der Waals surface area contributed by atoms with E-state index in [1.807, 2.05) is 24.3 Å². The van der Waals surface area contributed by atoms with Crippen molar-refractivity contribution in [2.24, 2.45) is 0 Å². The Bertz CT molecular complexity index is 399. The first-order valence-corrected chi connectivity index (χ1v) is 7.31. The van der Waals surface area contributed by atoms with Crippen molar-refractivity contribution in [1.82, 2.24) is 0 Å². The van der Waals surface area contributed by atoms with Gasteiger partial charge in [0.25, 0.3) is 0 Å². The summed E-state index contributed by atoms with van der Waals surface area (Å²) in [4.78, 5) is 12.2. The van der Waals surface area contributed by atoms with Gasteiger partial charge in [-0.15, -0.1) is 0 Å². The van der Waals surface area contributed by atoms with E-state index in [-0.39, 0.29) is 10.9 Å². The summed E-state index contributed by atoms with van der Waals surface area (Å²) in [6.45, 7) is 3.24. The number of carboxylic acids is 1. The molecular formula is C13H16O3S. The van der Waals surface area contributed by atoms with Crippen LogP contribution in [0.25, 0.3) is 0 Å². The van der Waals surface area contributed by atoms with Crippen LogP contribution in [-0.4, -0.2) is 30.7 Å². The van der Waals surface area contributed by atoms with E-state index in [1.165, 1.54) is 4.90 Å². The highest BCUT2D eigenvalue weighted by molar-refractivity contribution is 7.97. The first-order chi connectivity index (χ1) is 8.20. The van der Waals surface area contributed by atoms with Crippen LogP contribution in [0.1, 0.15) is 18.4 Å². The summed E-state index contributed by atoms with van der Waals surface area (Å²) in [6, 6.07) is 7.81. The fraction of sp³-hybridized carbons (Fsp3) is 0.462. The van der Waals surface area contributed by atoms with Crippen LogP contribution in [0.4, 0.5) is 0 Å². The van der Waals surface area contributed by atoms with E-state index in [0.29, 0.717) is 0 Å². The maximum atomic E-state index is 11.0. The second-order valence-electron chi connectivity index (χ2n) is 4.09. The number of hydrogen-bond acceptors (Lipinski definition) is 3. The molecule has 0 saturated carbocycles. The van der Waals surface area contributed by atoms with Crippen LogP contribution in [0.15, 0.2) is 29.2 Å². The van der Waals surface area contributed by atoms with Gasteiger partial charge in [0.15, 0.2) is 4.90 Å². The molecule has 1 fully saturated rings. The molecule has 0 N–H and O–H groups in total. The lowest BCUT2D eigenvalue weighted by Gasteiger charge is -2.19. The minimum absolute atomic E-state index is 0.127. The van der Waals surface area contributed by atoms with E-state index in [0.717, 1.165) is 30.3 Å². The predicted octanol–water partition coefficient (Wildman–Crippen LogP) is 0.547. The topological polar surface area (TPSA) is 49.4 Å². The number of carbonyl (C=O) groups excluding carboxylic acids is 1. The van der Waals surface area contributed by atoms with Gasteiger partial charge in [-0.25, -0.2) is 0 Å². The number of carbonyl (C=O) groups is 1. The number of hydrogen-bond donors (Lipinski definition) is 0. The predicted molar refractivity (Wildman–Crippen MR) is 66.0 cm³/mol. The zero-order valence-corrected chi connectivity index (χ0v) is 10.7. The monoisotopic (exact) mass is 252 g/mol. The Kier molecular flexibility index (Phi) is 4.07. The molecule has 1 atom stereocenters. The van der Waals surface area contributed by atoms with Gasteiger partial charge in [0.1, 0.15) is 11.5 Å².